The van der Waals surface area contributed by atoms with Crippen molar-refractivity contribution in [3.05, 3.63) is 87.7 Å². The van der Waals surface area contributed by atoms with Crippen LogP contribution < -0.4 is 14.8 Å². The van der Waals surface area contributed by atoms with E-state index in [-0.39, 0.29) is 12.4 Å². The molecule has 3 nitrogen and oxygen atoms in total. The molecular formula is C21H18Cl2FNO2. The molecule has 0 saturated carbocycles. The number of nitrogens with one attached hydrogen (secondary N) is 1. The van der Waals surface area contributed by atoms with E-state index in [1.807, 2.05) is 42.5 Å². The van der Waals surface area contributed by atoms with Gasteiger partial charge in [-0.2, -0.15) is 0 Å². The van der Waals surface area contributed by atoms with Crippen LogP contribution in [0.15, 0.2) is 60.7 Å². The highest BCUT2D eigenvalue weighted by Crippen LogP contribution is 2.30. The summed E-state index contributed by atoms with van der Waals surface area (Å²) in [6, 6.07) is 17.4. The molecule has 6 heteroatoms. The van der Waals surface area contributed by atoms with Gasteiger partial charge in [-0.05, 0) is 54.1 Å². The predicted octanol–water partition coefficient (Wildman–Crippen LogP) is 6.33. The Morgan fingerprint density at radius 3 is 2.41 bits per heavy atom. The molecule has 0 amide bonds. The quantitative estimate of drug-likeness (QED) is 0.497. The minimum Gasteiger partial charge on any atom is -0.493 e. The molecule has 0 aliphatic heterocycles. The minimum absolute atomic E-state index is 0.220. The second-order valence-corrected chi connectivity index (χ2v) is 6.71. The van der Waals surface area contributed by atoms with Crippen LogP contribution in [-0.2, 0) is 13.2 Å². The summed E-state index contributed by atoms with van der Waals surface area (Å²) >= 11 is 11.9. The molecule has 0 spiro atoms. The van der Waals surface area contributed by atoms with Crippen LogP contribution in [-0.4, -0.2) is 7.11 Å². The molecular weight excluding hydrogens is 388 g/mol. The van der Waals surface area contributed by atoms with Crippen molar-refractivity contribution >= 4 is 28.9 Å². The maximum atomic E-state index is 13.1. The van der Waals surface area contributed by atoms with Crippen molar-refractivity contribution in [1.29, 1.82) is 0 Å². The van der Waals surface area contributed by atoms with Gasteiger partial charge in [-0.3, -0.25) is 0 Å². The molecule has 0 fully saturated rings. The number of methoxy groups -OCH3 is 1. The van der Waals surface area contributed by atoms with E-state index >= 15 is 0 Å². The van der Waals surface area contributed by atoms with Gasteiger partial charge >= 0.3 is 0 Å². The summed E-state index contributed by atoms with van der Waals surface area (Å²) in [5, 5.41) is 4.35. The van der Waals surface area contributed by atoms with E-state index in [1.54, 1.807) is 13.2 Å². The number of hydrogen-bond donors (Lipinski definition) is 1. The molecule has 0 atom stereocenters. The highest BCUT2D eigenvalue weighted by molar-refractivity contribution is 6.31. The minimum atomic E-state index is -0.376. The fraction of sp³-hybridized carbons (Fsp3) is 0.143. The van der Waals surface area contributed by atoms with Gasteiger partial charge in [0.05, 0.1) is 12.1 Å². The number of rotatable bonds is 7. The van der Waals surface area contributed by atoms with Crippen molar-refractivity contribution in [2.45, 2.75) is 13.2 Å². The van der Waals surface area contributed by atoms with Gasteiger partial charge < -0.3 is 14.8 Å². The smallest absolute Gasteiger partial charge is 0.161 e. The summed E-state index contributed by atoms with van der Waals surface area (Å²) in [6.45, 7) is 0.847. The second kappa shape index (κ2) is 8.98. The topological polar surface area (TPSA) is 30.5 Å². The third kappa shape index (κ3) is 5.28. The standard InChI is InChI=1S/C21H18Cl2FNO2/c1-26-21-10-14(12-25-18-7-4-16(22)5-8-18)2-9-20(21)27-13-15-3-6-17(24)11-19(15)23/h2-11,25H,12-13H2,1H3. The van der Waals surface area contributed by atoms with E-state index in [0.717, 1.165) is 11.3 Å². The van der Waals surface area contributed by atoms with Crippen molar-refractivity contribution in [2.75, 3.05) is 12.4 Å². The number of benzene rings is 3. The zero-order valence-corrected chi connectivity index (χ0v) is 16.1. The summed E-state index contributed by atoms with van der Waals surface area (Å²) in [4.78, 5) is 0. The van der Waals surface area contributed by atoms with Crippen molar-refractivity contribution in [2.24, 2.45) is 0 Å². The van der Waals surface area contributed by atoms with Gasteiger partial charge in [-0.25, -0.2) is 4.39 Å². The Labute approximate surface area is 167 Å². The lowest BCUT2D eigenvalue weighted by atomic mass is 10.2. The van der Waals surface area contributed by atoms with E-state index < -0.39 is 0 Å². The Morgan fingerprint density at radius 2 is 1.70 bits per heavy atom. The first-order valence-electron chi connectivity index (χ1n) is 8.28. The first-order valence-corrected chi connectivity index (χ1v) is 9.04. The normalized spacial score (nSPS) is 10.5. The number of hydrogen-bond acceptors (Lipinski definition) is 3. The van der Waals surface area contributed by atoms with Crippen LogP contribution in [0.2, 0.25) is 10.0 Å². The summed E-state index contributed by atoms with van der Waals surface area (Å²) in [6.07, 6.45) is 0. The molecule has 0 aliphatic rings. The van der Waals surface area contributed by atoms with Gasteiger partial charge in [-0.1, -0.05) is 35.3 Å². The maximum absolute atomic E-state index is 13.1. The maximum Gasteiger partial charge on any atom is 0.161 e. The van der Waals surface area contributed by atoms with Gasteiger partial charge in [0.2, 0.25) is 0 Å². The highest BCUT2D eigenvalue weighted by Gasteiger charge is 2.08. The van der Waals surface area contributed by atoms with E-state index in [1.165, 1.54) is 12.1 Å². The summed E-state index contributed by atoms with van der Waals surface area (Å²) in [5.41, 5.74) is 2.72. The molecule has 0 aliphatic carbocycles. The van der Waals surface area contributed by atoms with E-state index in [9.17, 15) is 4.39 Å². The van der Waals surface area contributed by atoms with Crippen molar-refractivity contribution in [1.82, 2.24) is 0 Å². The van der Waals surface area contributed by atoms with Crippen molar-refractivity contribution in [3.8, 4) is 11.5 Å². The summed E-state index contributed by atoms with van der Waals surface area (Å²) in [5.74, 6) is 0.829. The highest BCUT2D eigenvalue weighted by atomic mass is 35.5. The van der Waals surface area contributed by atoms with Gasteiger partial charge in [0.15, 0.2) is 11.5 Å². The summed E-state index contributed by atoms with van der Waals surface area (Å²) in [7, 11) is 1.59. The van der Waals surface area contributed by atoms with Gasteiger partial charge in [0.25, 0.3) is 0 Å². The van der Waals surface area contributed by atoms with Crippen LogP contribution >= 0.6 is 23.2 Å². The monoisotopic (exact) mass is 405 g/mol. The number of anilines is 1. The average molecular weight is 406 g/mol. The molecule has 0 bridgehead atoms. The molecule has 0 aromatic heterocycles. The lowest BCUT2D eigenvalue weighted by Gasteiger charge is -2.14. The van der Waals surface area contributed by atoms with Crippen molar-refractivity contribution < 1.29 is 13.9 Å². The molecule has 3 aromatic carbocycles. The Balaban J connectivity index is 1.65. The molecule has 27 heavy (non-hydrogen) atoms. The predicted molar refractivity (Wildman–Crippen MR) is 108 cm³/mol. The van der Waals surface area contributed by atoms with Crippen LogP contribution in [0.4, 0.5) is 10.1 Å². The first kappa shape index (κ1) is 19.3. The van der Waals surface area contributed by atoms with E-state index in [2.05, 4.69) is 5.32 Å². The fourth-order valence-corrected chi connectivity index (χ4v) is 2.86. The Hall–Kier alpha value is -2.43. The molecule has 0 saturated heterocycles. The second-order valence-electron chi connectivity index (χ2n) is 5.87. The van der Waals surface area contributed by atoms with Crippen LogP contribution in [0.1, 0.15) is 11.1 Å². The Bertz CT molecular complexity index is 917. The third-order valence-corrected chi connectivity index (χ3v) is 4.57. The summed E-state index contributed by atoms with van der Waals surface area (Å²) < 4.78 is 24.4. The van der Waals surface area contributed by atoms with E-state index in [0.29, 0.717) is 33.7 Å². The van der Waals surface area contributed by atoms with Gasteiger partial charge in [0, 0.05) is 22.8 Å². The SMILES string of the molecule is COc1cc(CNc2ccc(Cl)cc2)ccc1OCc1ccc(F)cc1Cl. The lowest BCUT2D eigenvalue weighted by molar-refractivity contribution is 0.284. The fourth-order valence-electron chi connectivity index (χ4n) is 2.51. The zero-order valence-electron chi connectivity index (χ0n) is 14.6. The van der Waals surface area contributed by atoms with Crippen LogP contribution in [0.25, 0.3) is 0 Å². The molecule has 1 N–H and O–H groups in total. The number of halogens is 3. The first-order chi connectivity index (χ1) is 13.0. The molecule has 140 valence electrons. The van der Waals surface area contributed by atoms with Crippen molar-refractivity contribution in [3.63, 3.8) is 0 Å². The Kier molecular flexibility index (Phi) is 6.43. The third-order valence-electron chi connectivity index (χ3n) is 3.97. The van der Waals surface area contributed by atoms with Gasteiger partial charge in [-0.15, -0.1) is 0 Å². The van der Waals surface area contributed by atoms with Gasteiger partial charge in [0.1, 0.15) is 12.4 Å². The number of ether oxygens (including phenoxy) is 2. The molecule has 3 aromatic rings. The zero-order chi connectivity index (χ0) is 19.2. The lowest BCUT2D eigenvalue weighted by Crippen LogP contribution is -2.02. The molecule has 3 rings (SSSR count). The van der Waals surface area contributed by atoms with Crippen LogP contribution in [0.5, 0.6) is 11.5 Å². The largest absolute Gasteiger partial charge is 0.493 e. The van der Waals surface area contributed by atoms with Crippen LogP contribution in [0, 0.1) is 5.82 Å². The molecule has 0 heterocycles. The van der Waals surface area contributed by atoms with Crippen LogP contribution in [0.3, 0.4) is 0 Å². The molecule has 0 unspecified atom stereocenters. The Morgan fingerprint density at radius 1 is 0.926 bits per heavy atom. The van der Waals surface area contributed by atoms with E-state index in [4.69, 9.17) is 32.7 Å². The average Bonchev–Trinajstić information content (AvgIpc) is 2.67. The molecule has 0 radical (unpaired) electrons.